The lowest BCUT2D eigenvalue weighted by molar-refractivity contribution is -0.117. The van der Waals surface area contributed by atoms with Crippen molar-refractivity contribution in [1.29, 1.82) is 0 Å². The normalized spacial score (nSPS) is 16.8. The van der Waals surface area contributed by atoms with Gasteiger partial charge in [-0.2, -0.15) is 4.98 Å². The summed E-state index contributed by atoms with van der Waals surface area (Å²) in [4.78, 5) is 19.0. The van der Waals surface area contributed by atoms with Crippen LogP contribution in [-0.2, 0) is 4.79 Å². The zero-order valence-electron chi connectivity index (χ0n) is 15.6. The fraction of sp³-hybridized carbons (Fsp3) is 0.286. The highest BCUT2D eigenvalue weighted by molar-refractivity contribution is 5.97. The van der Waals surface area contributed by atoms with Crippen LogP contribution in [0.2, 0.25) is 0 Å². The van der Waals surface area contributed by atoms with Gasteiger partial charge in [0.15, 0.2) is 5.82 Å². The standard InChI is InChI=1S/C21H21N3O3/c1-13-6-4-5-7-17(13)21-22-20(23-27-21)15-10-19(25)24(12-15)18-11-16(26-3)9-8-14(18)2/h4-9,11,15H,10,12H2,1-3H3. The molecule has 0 saturated carbocycles. The second-order valence-electron chi connectivity index (χ2n) is 6.83. The lowest BCUT2D eigenvalue weighted by atomic mass is 10.1. The summed E-state index contributed by atoms with van der Waals surface area (Å²) < 4.78 is 10.8. The van der Waals surface area contributed by atoms with E-state index >= 15 is 0 Å². The minimum absolute atomic E-state index is 0.0543. The van der Waals surface area contributed by atoms with Crippen LogP contribution in [-0.4, -0.2) is 29.7 Å². The van der Waals surface area contributed by atoms with Gasteiger partial charge in [0.2, 0.25) is 5.91 Å². The van der Waals surface area contributed by atoms with E-state index in [4.69, 9.17) is 9.26 Å². The maximum absolute atomic E-state index is 12.6. The van der Waals surface area contributed by atoms with Crippen molar-refractivity contribution in [3.8, 4) is 17.2 Å². The molecule has 0 spiro atoms. The van der Waals surface area contributed by atoms with Crippen molar-refractivity contribution in [1.82, 2.24) is 10.1 Å². The van der Waals surface area contributed by atoms with E-state index in [1.807, 2.05) is 56.3 Å². The summed E-state index contributed by atoms with van der Waals surface area (Å²) in [5, 5.41) is 4.14. The highest BCUT2D eigenvalue weighted by atomic mass is 16.5. The van der Waals surface area contributed by atoms with Gasteiger partial charge in [-0.3, -0.25) is 4.79 Å². The van der Waals surface area contributed by atoms with E-state index in [0.29, 0.717) is 24.7 Å². The Morgan fingerprint density at radius 1 is 1.15 bits per heavy atom. The molecule has 0 radical (unpaired) electrons. The number of aryl methyl sites for hydroxylation is 2. The number of ether oxygens (including phenoxy) is 1. The molecule has 6 heteroatoms. The molecule has 1 amide bonds. The number of hydrogen-bond donors (Lipinski definition) is 0. The molecule has 1 atom stereocenters. The molecular formula is C21H21N3O3. The van der Waals surface area contributed by atoms with Crippen LogP contribution >= 0.6 is 0 Å². The number of nitrogens with zero attached hydrogens (tertiary/aromatic N) is 3. The molecule has 2 aromatic carbocycles. The largest absolute Gasteiger partial charge is 0.497 e. The first-order chi connectivity index (χ1) is 13.1. The molecule has 3 aromatic rings. The lowest BCUT2D eigenvalue weighted by Crippen LogP contribution is -2.25. The van der Waals surface area contributed by atoms with E-state index < -0.39 is 0 Å². The number of amides is 1. The number of benzene rings is 2. The van der Waals surface area contributed by atoms with E-state index in [1.165, 1.54) is 0 Å². The smallest absolute Gasteiger partial charge is 0.258 e. The number of carbonyl (C=O) groups excluding carboxylic acids is 1. The molecule has 6 nitrogen and oxygen atoms in total. The molecular weight excluding hydrogens is 342 g/mol. The zero-order chi connectivity index (χ0) is 19.0. The first-order valence-electron chi connectivity index (χ1n) is 8.91. The number of rotatable bonds is 4. The van der Waals surface area contributed by atoms with Crippen molar-refractivity contribution >= 4 is 11.6 Å². The summed E-state index contributed by atoms with van der Waals surface area (Å²) in [6, 6.07) is 13.6. The molecule has 1 aliphatic rings. The van der Waals surface area contributed by atoms with Gasteiger partial charge in [-0.25, -0.2) is 0 Å². The maximum atomic E-state index is 12.6. The van der Waals surface area contributed by atoms with Gasteiger partial charge in [0, 0.05) is 30.5 Å². The Hall–Kier alpha value is -3.15. The van der Waals surface area contributed by atoms with Crippen molar-refractivity contribution in [3.63, 3.8) is 0 Å². The molecule has 27 heavy (non-hydrogen) atoms. The lowest BCUT2D eigenvalue weighted by Gasteiger charge is -2.19. The number of methoxy groups -OCH3 is 1. The number of anilines is 1. The molecule has 138 valence electrons. The minimum atomic E-state index is -0.0929. The molecule has 1 unspecified atom stereocenters. The third-order valence-electron chi connectivity index (χ3n) is 5.01. The highest BCUT2D eigenvalue weighted by Crippen LogP contribution is 2.35. The molecule has 2 heterocycles. The van der Waals surface area contributed by atoms with Gasteiger partial charge in [-0.1, -0.05) is 29.4 Å². The van der Waals surface area contributed by atoms with Crippen molar-refractivity contribution in [3.05, 3.63) is 59.4 Å². The van der Waals surface area contributed by atoms with Crippen molar-refractivity contribution < 1.29 is 14.1 Å². The van der Waals surface area contributed by atoms with E-state index in [9.17, 15) is 4.79 Å². The van der Waals surface area contributed by atoms with Crippen LogP contribution in [0.25, 0.3) is 11.5 Å². The second-order valence-corrected chi connectivity index (χ2v) is 6.83. The molecule has 1 saturated heterocycles. The Labute approximate surface area is 157 Å². The fourth-order valence-electron chi connectivity index (χ4n) is 3.44. The summed E-state index contributed by atoms with van der Waals surface area (Å²) in [5.41, 5.74) is 3.88. The Bertz CT molecular complexity index is 996. The molecule has 0 N–H and O–H groups in total. The Kier molecular flexibility index (Phi) is 4.39. The summed E-state index contributed by atoms with van der Waals surface area (Å²) in [6.45, 7) is 4.52. The van der Waals surface area contributed by atoms with E-state index in [-0.39, 0.29) is 11.8 Å². The van der Waals surface area contributed by atoms with E-state index in [2.05, 4.69) is 10.1 Å². The molecule has 4 rings (SSSR count). The topological polar surface area (TPSA) is 68.5 Å². The van der Waals surface area contributed by atoms with Crippen LogP contribution in [0.5, 0.6) is 5.75 Å². The van der Waals surface area contributed by atoms with Gasteiger partial charge in [0.1, 0.15) is 5.75 Å². The van der Waals surface area contributed by atoms with Crippen LogP contribution in [0.1, 0.15) is 29.3 Å². The summed E-state index contributed by atoms with van der Waals surface area (Å²) in [5.74, 6) is 1.76. The molecule has 1 aliphatic heterocycles. The molecule has 0 bridgehead atoms. The predicted molar refractivity (Wildman–Crippen MR) is 102 cm³/mol. The summed E-state index contributed by atoms with van der Waals surface area (Å²) in [6.07, 6.45) is 0.364. The van der Waals surface area contributed by atoms with Gasteiger partial charge in [0.25, 0.3) is 5.89 Å². The fourth-order valence-corrected chi connectivity index (χ4v) is 3.44. The van der Waals surface area contributed by atoms with Crippen molar-refractivity contribution in [2.75, 3.05) is 18.6 Å². The zero-order valence-corrected chi connectivity index (χ0v) is 15.6. The third-order valence-corrected chi connectivity index (χ3v) is 5.01. The van der Waals surface area contributed by atoms with Crippen LogP contribution in [0.4, 0.5) is 5.69 Å². The molecule has 1 aromatic heterocycles. The van der Waals surface area contributed by atoms with Crippen molar-refractivity contribution in [2.24, 2.45) is 0 Å². The van der Waals surface area contributed by atoms with Crippen molar-refractivity contribution in [2.45, 2.75) is 26.2 Å². The summed E-state index contributed by atoms with van der Waals surface area (Å²) >= 11 is 0. The van der Waals surface area contributed by atoms with Gasteiger partial charge in [-0.05, 0) is 37.1 Å². The average Bonchev–Trinajstić information content (AvgIpc) is 3.29. The molecule has 0 aliphatic carbocycles. The minimum Gasteiger partial charge on any atom is -0.497 e. The second kappa shape index (κ2) is 6.87. The van der Waals surface area contributed by atoms with Gasteiger partial charge >= 0.3 is 0 Å². The quantitative estimate of drug-likeness (QED) is 0.703. The van der Waals surface area contributed by atoms with Crippen LogP contribution < -0.4 is 9.64 Å². The third kappa shape index (κ3) is 3.18. The number of aromatic nitrogens is 2. The van der Waals surface area contributed by atoms with E-state index in [1.54, 1.807) is 12.0 Å². The SMILES string of the molecule is COc1ccc(C)c(N2CC(c3noc(-c4ccccc4C)n3)CC2=O)c1. The van der Waals surface area contributed by atoms with Crippen LogP contribution in [0.3, 0.4) is 0 Å². The first kappa shape index (κ1) is 17.3. The number of hydrogen-bond acceptors (Lipinski definition) is 5. The maximum Gasteiger partial charge on any atom is 0.258 e. The Morgan fingerprint density at radius 3 is 2.74 bits per heavy atom. The van der Waals surface area contributed by atoms with Gasteiger partial charge < -0.3 is 14.2 Å². The van der Waals surface area contributed by atoms with Crippen LogP contribution in [0.15, 0.2) is 47.0 Å². The van der Waals surface area contributed by atoms with Crippen LogP contribution in [0, 0.1) is 13.8 Å². The summed E-state index contributed by atoms with van der Waals surface area (Å²) in [7, 11) is 1.62. The first-order valence-corrected chi connectivity index (χ1v) is 8.91. The molecule has 1 fully saturated rings. The van der Waals surface area contributed by atoms with Gasteiger partial charge in [0.05, 0.1) is 12.8 Å². The monoisotopic (exact) mass is 363 g/mol. The number of carbonyl (C=O) groups is 1. The Morgan fingerprint density at radius 2 is 1.96 bits per heavy atom. The average molecular weight is 363 g/mol. The predicted octanol–water partition coefficient (Wildman–Crippen LogP) is 3.88. The Balaban J connectivity index is 1.59. The van der Waals surface area contributed by atoms with E-state index in [0.717, 1.165) is 28.1 Å². The highest BCUT2D eigenvalue weighted by Gasteiger charge is 2.35. The van der Waals surface area contributed by atoms with Gasteiger partial charge in [-0.15, -0.1) is 0 Å².